The van der Waals surface area contributed by atoms with Crippen LogP contribution < -0.4 is 0 Å². The molecule has 2 bridgehead atoms. The zero-order valence-electron chi connectivity index (χ0n) is 13.5. The Bertz CT molecular complexity index is 625. The molecule has 5 rings (SSSR count). The van der Waals surface area contributed by atoms with E-state index in [4.69, 9.17) is 28.4 Å². The lowest BCUT2D eigenvalue weighted by Crippen LogP contribution is -2.52. The van der Waals surface area contributed by atoms with Crippen LogP contribution in [0, 0.1) is 0 Å². The lowest BCUT2D eigenvalue weighted by atomic mass is 10.1. The monoisotopic (exact) mass is 352 g/mol. The summed E-state index contributed by atoms with van der Waals surface area (Å²) in [5.74, 6) is 0.0783. The molecule has 0 radical (unpaired) electrons. The number of fused-ring (bicyclic) bond motifs is 6. The smallest absolute Gasteiger partial charge is 0.338 e. The van der Waals surface area contributed by atoms with Gasteiger partial charge in [0.25, 0.3) is 0 Å². The predicted molar refractivity (Wildman–Crippen MR) is 84.9 cm³/mol. The molecule has 1 unspecified atom stereocenters. The molecule has 7 heteroatoms. The lowest BCUT2D eigenvalue weighted by Gasteiger charge is -2.38. The Morgan fingerprint density at radius 2 is 1.83 bits per heavy atom. The predicted octanol–water partition coefficient (Wildman–Crippen LogP) is 2.22. The molecule has 4 aliphatic rings. The first-order chi connectivity index (χ1) is 11.5. The summed E-state index contributed by atoms with van der Waals surface area (Å²) in [6.07, 6.45) is -1.29. The Hall–Kier alpha value is -0.670. The first-order valence-electron chi connectivity index (χ1n) is 8.22. The fourth-order valence-electron chi connectivity index (χ4n) is 3.62. The second-order valence-electron chi connectivity index (χ2n) is 6.89. The minimum atomic E-state index is -1.09. The topological polar surface area (TPSA) is 55.4 Å². The van der Waals surface area contributed by atoms with Crippen molar-refractivity contribution in [1.29, 1.82) is 0 Å². The van der Waals surface area contributed by atoms with Crippen LogP contribution >= 0.6 is 11.8 Å². The zero-order chi connectivity index (χ0) is 16.4. The molecule has 24 heavy (non-hydrogen) atoms. The first-order valence-corrected chi connectivity index (χ1v) is 9.21. The van der Waals surface area contributed by atoms with Gasteiger partial charge in [0.1, 0.15) is 24.4 Å². The van der Waals surface area contributed by atoms with E-state index in [1.54, 1.807) is 0 Å². The second kappa shape index (κ2) is 5.41. The van der Waals surface area contributed by atoms with Crippen molar-refractivity contribution in [2.75, 3.05) is 6.61 Å². The molecule has 0 aliphatic carbocycles. The van der Waals surface area contributed by atoms with Crippen LogP contribution in [0.4, 0.5) is 0 Å². The van der Waals surface area contributed by atoms with E-state index >= 15 is 0 Å². The molecule has 0 spiro atoms. The van der Waals surface area contributed by atoms with Crippen molar-refractivity contribution in [3.05, 3.63) is 35.9 Å². The summed E-state index contributed by atoms with van der Waals surface area (Å²) < 4.78 is 35.9. The molecular formula is C17H20O6S. The fraction of sp³-hybridized carbons (Fsp3) is 0.647. The first kappa shape index (κ1) is 15.6. The summed E-state index contributed by atoms with van der Waals surface area (Å²) in [4.78, 5) is 0. The normalized spacial score (nSPS) is 45.2. The molecule has 6 atom stereocenters. The number of thioether (sulfide) groups is 1. The Balaban J connectivity index is 1.33. The van der Waals surface area contributed by atoms with E-state index in [1.807, 2.05) is 32.0 Å². The molecular weight excluding hydrogens is 332 g/mol. The van der Waals surface area contributed by atoms with E-state index in [1.165, 1.54) is 17.3 Å². The van der Waals surface area contributed by atoms with Crippen LogP contribution in [0.3, 0.4) is 0 Å². The van der Waals surface area contributed by atoms with Crippen LogP contribution in [0.15, 0.2) is 30.3 Å². The molecule has 4 fully saturated rings. The minimum absolute atomic E-state index is 0.159. The molecule has 4 heterocycles. The van der Waals surface area contributed by atoms with Crippen LogP contribution in [0.1, 0.15) is 19.4 Å². The molecule has 6 nitrogen and oxygen atoms in total. The molecule has 0 aromatic heterocycles. The Labute approximate surface area is 144 Å². The van der Waals surface area contributed by atoms with E-state index in [9.17, 15) is 0 Å². The van der Waals surface area contributed by atoms with Gasteiger partial charge in [-0.2, -0.15) is 0 Å². The highest BCUT2D eigenvalue weighted by atomic mass is 32.2. The Kier molecular flexibility index (Phi) is 3.51. The van der Waals surface area contributed by atoms with Crippen LogP contribution in [0.2, 0.25) is 0 Å². The van der Waals surface area contributed by atoms with E-state index in [0.29, 0.717) is 6.61 Å². The number of benzene rings is 1. The number of hydrogen-bond donors (Lipinski definition) is 0. The molecule has 0 amide bonds. The molecule has 1 aromatic carbocycles. The summed E-state index contributed by atoms with van der Waals surface area (Å²) in [6.45, 7) is 4.22. The lowest BCUT2D eigenvalue weighted by molar-refractivity contribution is -0.343. The average Bonchev–Trinajstić information content (AvgIpc) is 3.17. The quantitative estimate of drug-likeness (QED) is 0.827. The van der Waals surface area contributed by atoms with Gasteiger partial charge in [-0.1, -0.05) is 42.1 Å². The van der Waals surface area contributed by atoms with Gasteiger partial charge in [0.15, 0.2) is 12.1 Å². The van der Waals surface area contributed by atoms with Gasteiger partial charge in [0.05, 0.1) is 6.61 Å². The third kappa shape index (κ3) is 2.50. The largest absolute Gasteiger partial charge is 0.341 e. The van der Waals surface area contributed by atoms with Gasteiger partial charge in [-0.3, -0.25) is 0 Å². The highest BCUT2D eigenvalue weighted by Gasteiger charge is 2.65. The Morgan fingerprint density at radius 1 is 1.00 bits per heavy atom. The summed E-state index contributed by atoms with van der Waals surface area (Å²) >= 11 is 1.50. The maximum atomic E-state index is 6.21. The SMILES string of the molecule is CC1(C)O[C@H]2O[C@H]3[C@@H](OC4(SCc5ccccc5)OC[C@H]3O4)[C@H]2O1. The van der Waals surface area contributed by atoms with Gasteiger partial charge >= 0.3 is 5.31 Å². The van der Waals surface area contributed by atoms with Gasteiger partial charge in [-0.05, 0) is 19.4 Å². The van der Waals surface area contributed by atoms with Crippen LogP contribution in [0.5, 0.6) is 0 Å². The maximum Gasteiger partial charge on any atom is 0.338 e. The Morgan fingerprint density at radius 3 is 2.67 bits per heavy atom. The van der Waals surface area contributed by atoms with Gasteiger partial charge < -0.3 is 28.4 Å². The van der Waals surface area contributed by atoms with E-state index < -0.39 is 17.4 Å². The van der Waals surface area contributed by atoms with E-state index in [2.05, 4.69) is 12.1 Å². The average molecular weight is 352 g/mol. The third-order valence-electron chi connectivity index (χ3n) is 4.65. The van der Waals surface area contributed by atoms with Gasteiger partial charge in [-0.25, -0.2) is 0 Å². The van der Waals surface area contributed by atoms with Crippen molar-refractivity contribution >= 4 is 11.8 Å². The molecule has 0 saturated carbocycles. The third-order valence-corrected chi connectivity index (χ3v) is 5.79. The van der Waals surface area contributed by atoms with Gasteiger partial charge in [0.2, 0.25) is 0 Å². The van der Waals surface area contributed by atoms with Crippen molar-refractivity contribution in [3.8, 4) is 0 Å². The summed E-state index contributed by atoms with van der Waals surface area (Å²) in [5.41, 5.74) is 1.19. The van der Waals surface area contributed by atoms with Gasteiger partial charge in [-0.15, -0.1) is 0 Å². The van der Waals surface area contributed by atoms with Crippen molar-refractivity contribution in [2.24, 2.45) is 0 Å². The van der Waals surface area contributed by atoms with Crippen molar-refractivity contribution < 1.29 is 28.4 Å². The van der Waals surface area contributed by atoms with Crippen LogP contribution in [-0.2, 0) is 34.2 Å². The standard InChI is InChI=1S/C17H20O6S/c1-16(2)21-14-13-12(19-15(14)23-16)11-8-18-17(20-11,22-13)24-9-10-6-4-3-5-7-10/h3-7,11-15H,8-9H2,1-2H3/t11-,12-,13-,14-,15-,17?/m1/s1. The second-order valence-corrected chi connectivity index (χ2v) is 7.97. The molecule has 0 N–H and O–H groups in total. The molecule has 1 aromatic rings. The maximum absolute atomic E-state index is 6.21. The summed E-state index contributed by atoms with van der Waals surface area (Å²) in [7, 11) is 0. The molecule has 130 valence electrons. The number of hydrogen-bond acceptors (Lipinski definition) is 7. The van der Waals surface area contributed by atoms with E-state index in [0.717, 1.165) is 5.75 Å². The van der Waals surface area contributed by atoms with Gasteiger partial charge in [0, 0.05) is 5.75 Å². The fourth-order valence-corrected chi connectivity index (χ4v) is 4.68. The highest BCUT2D eigenvalue weighted by molar-refractivity contribution is 7.99. The summed E-state index contributed by atoms with van der Waals surface area (Å²) in [6, 6.07) is 10.2. The van der Waals surface area contributed by atoms with Crippen molar-refractivity contribution in [2.45, 2.75) is 61.4 Å². The van der Waals surface area contributed by atoms with Crippen LogP contribution in [0.25, 0.3) is 0 Å². The zero-order valence-corrected chi connectivity index (χ0v) is 14.4. The number of ether oxygens (including phenoxy) is 6. The van der Waals surface area contributed by atoms with E-state index in [-0.39, 0.29) is 24.4 Å². The van der Waals surface area contributed by atoms with Crippen LogP contribution in [-0.4, -0.2) is 48.4 Å². The molecule has 4 aliphatic heterocycles. The van der Waals surface area contributed by atoms with Crippen molar-refractivity contribution in [1.82, 2.24) is 0 Å². The molecule has 4 saturated heterocycles. The summed E-state index contributed by atoms with van der Waals surface area (Å²) in [5, 5.41) is -1.09. The minimum Gasteiger partial charge on any atom is -0.341 e. The van der Waals surface area contributed by atoms with Crippen molar-refractivity contribution in [3.63, 3.8) is 0 Å². The number of rotatable bonds is 3. The highest BCUT2D eigenvalue weighted by Crippen LogP contribution is 2.51.